The maximum atomic E-state index is 5.67. The molecule has 0 radical (unpaired) electrons. The number of hydrogen-bond donors (Lipinski definition) is 0. The van der Waals surface area contributed by atoms with Gasteiger partial charge in [0.15, 0.2) is 0 Å². The van der Waals surface area contributed by atoms with Crippen LogP contribution >= 0.6 is 0 Å². The van der Waals surface area contributed by atoms with Crippen molar-refractivity contribution in [3.8, 4) is 5.75 Å². The van der Waals surface area contributed by atoms with Crippen LogP contribution in [0.3, 0.4) is 0 Å². The van der Waals surface area contributed by atoms with Crippen LogP contribution in [0, 0.1) is 0 Å². The Hall–Kier alpha value is -2.28. The molecule has 0 aliphatic carbocycles. The van der Waals surface area contributed by atoms with Gasteiger partial charge in [-0.15, -0.1) is 0 Å². The molecule has 0 bridgehead atoms. The van der Waals surface area contributed by atoms with Crippen LogP contribution in [0.1, 0.15) is 31.9 Å². The molecule has 0 N–H and O–H groups in total. The van der Waals surface area contributed by atoms with Gasteiger partial charge in [-0.05, 0) is 44.0 Å². The van der Waals surface area contributed by atoms with Gasteiger partial charge in [-0.3, -0.25) is 0 Å². The lowest BCUT2D eigenvalue weighted by Crippen LogP contribution is -2.22. The quantitative estimate of drug-likeness (QED) is 0.686. The van der Waals surface area contributed by atoms with E-state index in [1.165, 1.54) is 5.56 Å². The van der Waals surface area contributed by atoms with Crippen molar-refractivity contribution in [2.45, 2.75) is 26.4 Å². The first-order chi connectivity index (χ1) is 9.94. The minimum atomic E-state index is -0.129. The first-order valence-electron chi connectivity index (χ1n) is 7.03. The molecule has 0 heterocycles. The summed E-state index contributed by atoms with van der Waals surface area (Å²) >= 11 is 0. The number of ether oxygens (including phenoxy) is 1. The summed E-state index contributed by atoms with van der Waals surface area (Å²) in [6.45, 7) is 13.4. The summed E-state index contributed by atoms with van der Waals surface area (Å²) in [5.41, 5.74) is 2.16. The van der Waals surface area contributed by atoms with Crippen LogP contribution < -0.4 is 4.74 Å². The smallest absolute Gasteiger partial charge is 0.120 e. The van der Waals surface area contributed by atoms with E-state index in [4.69, 9.17) is 4.74 Å². The molecule has 0 aliphatic rings. The highest BCUT2D eigenvalue weighted by atomic mass is 16.5. The molecular weight excluding hydrogens is 256 g/mol. The molecule has 0 atom stereocenters. The van der Waals surface area contributed by atoms with E-state index in [-0.39, 0.29) is 5.60 Å². The molecule has 2 rings (SSSR count). The van der Waals surface area contributed by atoms with Gasteiger partial charge in [-0.1, -0.05) is 67.8 Å². The van der Waals surface area contributed by atoms with Crippen LogP contribution in [0.2, 0.25) is 0 Å². The molecule has 0 amide bonds. The fraction of sp³-hybridized carbons (Fsp3) is 0.200. The summed E-state index contributed by atoms with van der Waals surface area (Å²) in [5.74, 6) is 0.901. The van der Waals surface area contributed by atoms with E-state index in [0.29, 0.717) is 0 Å². The largest absolute Gasteiger partial charge is 0.488 e. The highest BCUT2D eigenvalue weighted by Gasteiger charge is 2.10. The average Bonchev–Trinajstić information content (AvgIpc) is 2.48. The highest BCUT2D eigenvalue weighted by molar-refractivity contribution is 5.48. The molecule has 0 saturated heterocycles. The Labute approximate surface area is 128 Å². The van der Waals surface area contributed by atoms with Gasteiger partial charge in [0.2, 0.25) is 0 Å². The minimum Gasteiger partial charge on any atom is -0.488 e. The van der Waals surface area contributed by atoms with E-state index >= 15 is 0 Å². The van der Waals surface area contributed by atoms with E-state index in [2.05, 4.69) is 13.2 Å². The van der Waals surface area contributed by atoms with Crippen LogP contribution in [0.5, 0.6) is 5.75 Å². The fourth-order valence-corrected chi connectivity index (χ4v) is 1.61. The average molecular weight is 280 g/mol. The third-order valence-electron chi connectivity index (χ3n) is 2.58. The first kappa shape index (κ1) is 16.8. The zero-order valence-electron chi connectivity index (χ0n) is 13.2. The van der Waals surface area contributed by atoms with Gasteiger partial charge in [-0.2, -0.15) is 0 Å². The molecule has 1 heteroatoms. The van der Waals surface area contributed by atoms with Crippen LogP contribution in [-0.4, -0.2) is 5.60 Å². The van der Waals surface area contributed by atoms with Gasteiger partial charge in [-0.25, -0.2) is 0 Å². The van der Waals surface area contributed by atoms with E-state index in [0.717, 1.165) is 11.3 Å². The van der Waals surface area contributed by atoms with Gasteiger partial charge >= 0.3 is 0 Å². The van der Waals surface area contributed by atoms with Crippen molar-refractivity contribution in [2.24, 2.45) is 0 Å². The minimum absolute atomic E-state index is 0.129. The lowest BCUT2D eigenvalue weighted by Gasteiger charge is -2.21. The summed E-state index contributed by atoms with van der Waals surface area (Å²) in [6, 6.07) is 17.9. The molecular formula is C20H24O. The van der Waals surface area contributed by atoms with Crippen LogP contribution in [0.25, 0.3) is 12.2 Å². The molecule has 0 unspecified atom stereocenters. The number of hydrogen-bond acceptors (Lipinski definition) is 1. The van der Waals surface area contributed by atoms with Crippen LogP contribution in [-0.2, 0) is 0 Å². The lowest BCUT2D eigenvalue weighted by molar-refractivity contribution is 0.131. The maximum absolute atomic E-state index is 5.67. The van der Waals surface area contributed by atoms with Crippen molar-refractivity contribution >= 4 is 12.2 Å². The molecule has 2 aromatic carbocycles. The highest BCUT2D eigenvalue weighted by Crippen LogP contribution is 2.18. The molecule has 0 spiro atoms. The Bertz CT molecular complexity index is 545. The van der Waals surface area contributed by atoms with E-state index in [1.54, 1.807) is 0 Å². The molecule has 0 aliphatic heterocycles. The molecule has 110 valence electrons. The van der Waals surface area contributed by atoms with Crippen molar-refractivity contribution < 1.29 is 4.74 Å². The number of benzene rings is 2. The second-order valence-electron chi connectivity index (χ2n) is 5.60. The SMILES string of the molecule is C=Cc1ccc(OC(C)(C)C)cc1.C=Cc1ccccc1. The van der Waals surface area contributed by atoms with Gasteiger partial charge in [0, 0.05) is 0 Å². The molecule has 0 aromatic heterocycles. The maximum Gasteiger partial charge on any atom is 0.120 e. The fourth-order valence-electron chi connectivity index (χ4n) is 1.61. The topological polar surface area (TPSA) is 9.23 Å². The van der Waals surface area contributed by atoms with Gasteiger partial charge in [0.1, 0.15) is 11.4 Å². The first-order valence-corrected chi connectivity index (χ1v) is 7.03. The van der Waals surface area contributed by atoms with Crippen molar-refractivity contribution in [1.29, 1.82) is 0 Å². The molecule has 0 saturated carbocycles. The second-order valence-corrected chi connectivity index (χ2v) is 5.60. The van der Waals surface area contributed by atoms with Crippen molar-refractivity contribution in [1.82, 2.24) is 0 Å². The third-order valence-corrected chi connectivity index (χ3v) is 2.58. The Morgan fingerprint density at radius 2 is 1.24 bits per heavy atom. The monoisotopic (exact) mass is 280 g/mol. The normalized spacial score (nSPS) is 10.0. The Morgan fingerprint density at radius 1 is 0.762 bits per heavy atom. The van der Waals surface area contributed by atoms with Crippen LogP contribution in [0.15, 0.2) is 67.8 Å². The summed E-state index contributed by atoms with van der Waals surface area (Å²) in [5, 5.41) is 0. The van der Waals surface area contributed by atoms with E-state index in [1.807, 2.05) is 87.5 Å². The Morgan fingerprint density at radius 3 is 1.62 bits per heavy atom. The number of rotatable bonds is 3. The van der Waals surface area contributed by atoms with Crippen molar-refractivity contribution in [3.05, 3.63) is 78.9 Å². The molecule has 1 nitrogen and oxygen atoms in total. The summed E-state index contributed by atoms with van der Waals surface area (Å²) in [4.78, 5) is 0. The van der Waals surface area contributed by atoms with Gasteiger partial charge < -0.3 is 4.74 Å². The standard InChI is InChI=1S/C12H16O.C8H8/c1-5-10-6-8-11(9-7-10)13-12(2,3)4;1-2-8-6-4-3-5-7-8/h5-9H,1H2,2-4H3;2-7H,1H2. The van der Waals surface area contributed by atoms with Crippen molar-refractivity contribution in [2.75, 3.05) is 0 Å². The van der Waals surface area contributed by atoms with Crippen LogP contribution in [0.4, 0.5) is 0 Å². The second kappa shape index (κ2) is 8.11. The third kappa shape index (κ3) is 7.17. The van der Waals surface area contributed by atoms with E-state index < -0.39 is 0 Å². The molecule has 21 heavy (non-hydrogen) atoms. The molecule has 2 aromatic rings. The summed E-state index contributed by atoms with van der Waals surface area (Å²) < 4.78 is 5.67. The van der Waals surface area contributed by atoms with Gasteiger partial charge in [0.25, 0.3) is 0 Å². The zero-order chi connectivity index (χ0) is 15.7. The van der Waals surface area contributed by atoms with Gasteiger partial charge in [0.05, 0.1) is 0 Å². The zero-order valence-corrected chi connectivity index (χ0v) is 13.2. The Balaban J connectivity index is 0.000000235. The summed E-state index contributed by atoms with van der Waals surface area (Å²) in [6.07, 6.45) is 3.65. The predicted octanol–water partition coefficient (Wildman–Crippen LogP) is 5.84. The van der Waals surface area contributed by atoms with E-state index in [9.17, 15) is 0 Å². The Kier molecular flexibility index (Phi) is 6.48. The predicted molar refractivity (Wildman–Crippen MR) is 93.4 cm³/mol. The lowest BCUT2D eigenvalue weighted by atomic mass is 10.2. The van der Waals surface area contributed by atoms with Crippen molar-refractivity contribution in [3.63, 3.8) is 0 Å². The summed E-state index contributed by atoms with van der Waals surface area (Å²) in [7, 11) is 0. The molecule has 0 fully saturated rings.